The van der Waals surface area contributed by atoms with Gasteiger partial charge in [-0.1, -0.05) is 30.3 Å². The van der Waals surface area contributed by atoms with E-state index in [-0.39, 0.29) is 27.9 Å². The summed E-state index contributed by atoms with van der Waals surface area (Å²) in [6.45, 7) is -0.447. The van der Waals surface area contributed by atoms with Gasteiger partial charge in [-0.15, -0.1) is 12.4 Å². The fourth-order valence-electron chi connectivity index (χ4n) is 2.55. The molecule has 0 fully saturated rings. The van der Waals surface area contributed by atoms with Crippen LogP contribution >= 0.6 is 12.4 Å². The third-order valence-electron chi connectivity index (χ3n) is 4.12. The number of carbonyl (C=O) groups is 3. The number of likely N-dealkylation sites (N-methyl/N-ethyl adjacent to an activating group) is 1. The minimum absolute atomic E-state index is 0. The van der Waals surface area contributed by atoms with E-state index < -0.39 is 53.2 Å². The van der Waals surface area contributed by atoms with E-state index in [1.807, 2.05) is 0 Å². The smallest absolute Gasteiger partial charge is 0.307 e. The van der Waals surface area contributed by atoms with Crippen molar-refractivity contribution in [2.45, 2.75) is 28.7 Å². The number of carbonyl (C=O) groups excluding carboxylic acids is 2. The van der Waals surface area contributed by atoms with E-state index in [0.717, 1.165) is 0 Å². The second kappa shape index (κ2) is 12.1. The van der Waals surface area contributed by atoms with Crippen LogP contribution in [-0.2, 0) is 29.0 Å². The van der Waals surface area contributed by atoms with Gasteiger partial charge in [0.2, 0.25) is 15.9 Å². The highest BCUT2D eigenvalue weighted by molar-refractivity contribution is 7.91. The number of carboxylic acids is 1. The fourth-order valence-corrected chi connectivity index (χ4v) is 3.97. The standard InChI is InChI=1S/C21H23NO8S.ClH/c1-22(2)21(26)17(30-20(25)13-12-19(23)24)14-29-16-10-6-7-11-18(16)31(27,28)15-8-4-3-5-9-15;/h3-11,17H,12-14H2,1-2H3,(H,23,24);1H. The number of esters is 1. The highest BCUT2D eigenvalue weighted by Crippen LogP contribution is 2.29. The minimum atomic E-state index is -3.89. The number of rotatable bonds is 10. The summed E-state index contributed by atoms with van der Waals surface area (Å²) >= 11 is 0. The molecule has 0 heterocycles. The Morgan fingerprint density at radius 3 is 2.16 bits per heavy atom. The number of para-hydroxylation sites is 1. The lowest BCUT2D eigenvalue weighted by molar-refractivity contribution is -0.162. The number of sulfone groups is 1. The molecular weight excluding hydrogens is 462 g/mol. The molecule has 0 aromatic heterocycles. The molecule has 1 N–H and O–H groups in total. The molecule has 0 aliphatic rings. The molecule has 32 heavy (non-hydrogen) atoms. The van der Waals surface area contributed by atoms with Crippen LogP contribution in [0.3, 0.4) is 0 Å². The number of amides is 1. The van der Waals surface area contributed by atoms with E-state index in [0.29, 0.717) is 0 Å². The Morgan fingerprint density at radius 1 is 0.969 bits per heavy atom. The highest BCUT2D eigenvalue weighted by atomic mass is 35.5. The molecule has 2 aromatic carbocycles. The number of benzene rings is 2. The average molecular weight is 486 g/mol. The van der Waals surface area contributed by atoms with Gasteiger partial charge in [0.1, 0.15) is 17.3 Å². The van der Waals surface area contributed by atoms with Crippen LogP contribution in [0, 0.1) is 0 Å². The number of nitrogens with zero attached hydrogens (tertiary/aromatic N) is 1. The number of ether oxygens (including phenoxy) is 2. The van der Waals surface area contributed by atoms with Crippen LogP contribution in [0.1, 0.15) is 12.8 Å². The lowest BCUT2D eigenvalue weighted by atomic mass is 10.3. The molecule has 1 unspecified atom stereocenters. The molecule has 0 aliphatic carbocycles. The Morgan fingerprint density at radius 2 is 1.56 bits per heavy atom. The summed E-state index contributed by atoms with van der Waals surface area (Å²) in [7, 11) is -0.983. The van der Waals surface area contributed by atoms with Crippen LogP contribution in [0.5, 0.6) is 5.75 Å². The normalized spacial score (nSPS) is 11.6. The summed E-state index contributed by atoms with van der Waals surface area (Å²) in [5.74, 6) is -2.66. The van der Waals surface area contributed by atoms with Crippen molar-refractivity contribution in [3.05, 3.63) is 54.6 Å². The van der Waals surface area contributed by atoms with E-state index >= 15 is 0 Å². The molecular formula is C21H24ClNO8S. The number of hydrogen-bond acceptors (Lipinski definition) is 7. The van der Waals surface area contributed by atoms with Gasteiger partial charge in [-0.2, -0.15) is 0 Å². The number of carboxylic acid groups (broad SMARTS) is 1. The molecule has 0 radical (unpaired) electrons. The third kappa shape index (κ3) is 7.24. The van der Waals surface area contributed by atoms with Crippen molar-refractivity contribution >= 4 is 40.1 Å². The van der Waals surface area contributed by atoms with Crippen molar-refractivity contribution in [2.24, 2.45) is 0 Å². The Hall–Kier alpha value is -3.11. The maximum absolute atomic E-state index is 13.0. The third-order valence-corrected chi connectivity index (χ3v) is 5.92. The first-order chi connectivity index (χ1) is 14.6. The van der Waals surface area contributed by atoms with Gasteiger partial charge in [0.05, 0.1) is 17.7 Å². The molecule has 2 rings (SSSR count). The van der Waals surface area contributed by atoms with Crippen LogP contribution in [0.4, 0.5) is 0 Å². The Bertz CT molecular complexity index is 1040. The molecule has 2 aromatic rings. The molecule has 0 bridgehead atoms. The molecule has 0 saturated heterocycles. The van der Waals surface area contributed by atoms with Gasteiger partial charge in [0, 0.05) is 14.1 Å². The van der Waals surface area contributed by atoms with Crippen molar-refractivity contribution < 1.29 is 37.4 Å². The van der Waals surface area contributed by atoms with Gasteiger partial charge < -0.3 is 19.5 Å². The summed E-state index contributed by atoms with van der Waals surface area (Å²) in [5.41, 5.74) is 0. The molecule has 1 atom stereocenters. The topological polar surface area (TPSA) is 127 Å². The molecule has 0 aliphatic heterocycles. The van der Waals surface area contributed by atoms with Gasteiger partial charge in [-0.25, -0.2) is 8.42 Å². The largest absolute Gasteiger partial charge is 0.488 e. The second-order valence-electron chi connectivity index (χ2n) is 6.68. The molecule has 1 amide bonds. The quantitative estimate of drug-likeness (QED) is 0.507. The van der Waals surface area contributed by atoms with Crippen LogP contribution in [0.25, 0.3) is 0 Å². The lowest BCUT2D eigenvalue weighted by Gasteiger charge is -2.21. The van der Waals surface area contributed by atoms with E-state index in [4.69, 9.17) is 14.6 Å². The van der Waals surface area contributed by atoms with Crippen molar-refractivity contribution in [1.29, 1.82) is 0 Å². The zero-order valence-electron chi connectivity index (χ0n) is 17.5. The summed E-state index contributed by atoms with van der Waals surface area (Å²) < 4.78 is 36.6. The molecule has 174 valence electrons. The SMILES string of the molecule is CN(C)C(=O)C(COc1ccccc1S(=O)(=O)c1ccccc1)OC(=O)CCC(=O)O.Cl. The van der Waals surface area contributed by atoms with Gasteiger partial charge in [-0.05, 0) is 24.3 Å². The van der Waals surface area contributed by atoms with E-state index in [2.05, 4.69) is 0 Å². The fraction of sp³-hybridized carbons (Fsp3) is 0.286. The summed E-state index contributed by atoms with van der Waals surface area (Å²) in [4.78, 5) is 36.1. The van der Waals surface area contributed by atoms with Crippen LogP contribution in [0.15, 0.2) is 64.4 Å². The van der Waals surface area contributed by atoms with Crippen molar-refractivity contribution in [3.8, 4) is 5.75 Å². The van der Waals surface area contributed by atoms with Gasteiger partial charge >= 0.3 is 11.9 Å². The molecule has 0 spiro atoms. The van der Waals surface area contributed by atoms with Gasteiger partial charge in [0.25, 0.3) is 5.91 Å². The number of hydrogen-bond donors (Lipinski definition) is 1. The molecule has 11 heteroatoms. The zero-order valence-corrected chi connectivity index (χ0v) is 19.1. The van der Waals surface area contributed by atoms with Gasteiger partial charge in [0.15, 0.2) is 0 Å². The second-order valence-corrected chi connectivity index (χ2v) is 8.60. The first-order valence-electron chi connectivity index (χ1n) is 9.27. The average Bonchev–Trinajstić information content (AvgIpc) is 2.75. The van der Waals surface area contributed by atoms with E-state index in [1.165, 1.54) is 49.3 Å². The van der Waals surface area contributed by atoms with Crippen molar-refractivity contribution in [2.75, 3.05) is 20.7 Å². The van der Waals surface area contributed by atoms with Gasteiger partial charge in [-0.3, -0.25) is 14.4 Å². The Kier molecular flexibility index (Phi) is 10.1. The summed E-state index contributed by atoms with van der Waals surface area (Å²) in [6, 6.07) is 13.7. The maximum Gasteiger partial charge on any atom is 0.307 e. The van der Waals surface area contributed by atoms with Crippen molar-refractivity contribution in [3.63, 3.8) is 0 Å². The highest BCUT2D eigenvalue weighted by Gasteiger charge is 2.28. The monoisotopic (exact) mass is 485 g/mol. The predicted molar refractivity (Wildman–Crippen MR) is 117 cm³/mol. The van der Waals surface area contributed by atoms with Crippen LogP contribution in [0.2, 0.25) is 0 Å². The maximum atomic E-state index is 13.0. The van der Waals surface area contributed by atoms with Crippen LogP contribution in [-0.4, -0.2) is 63.1 Å². The number of aliphatic carboxylic acids is 1. The number of halogens is 1. The van der Waals surface area contributed by atoms with E-state index in [1.54, 1.807) is 24.3 Å². The predicted octanol–water partition coefficient (Wildman–Crippen LogP) is 2.18. The summed E-state index contributed by atoms with van der Waals surface area (Å²) in [6.07, 6.45) is -2.23. The Balaban J connectivity index is 0.00000512. The first-order valence-corrected chi connectivity index (χ1v) is 10.8. The molecule has 0 saturated carbocycles. The molecule has 9 nitrogen and oxygen atoms in total. The lowest BCUT2D eigenvalue weighted by Crippen LogP contribution is -2.41. The Labute approximate surface area is 192 Å². The first kappa shape index (κ1) is 26.9. The van der Waals surface area contributed by atoms with Crippen LogP contribution < -0.4 is 4.74 Å². The van der Waals surface area contributed by atoms with E-state index in [9.17, 15) is 22.8 Å². The minimum Gasteiger partial charge on any atom is -0.488 e. The summed E-state index contributed by atoms with van der Waals surface area (Å²) in [5, 5.41) is 8.68. The van der Waals surface area contributed by atoms with Crippen molar-refractivity contribution in [1.82, 2.24) is 4.90 Å². The zero-order chi connectivity index (χ0) is 23.0.